The predicted molar refractivity (Wildman–Crippen MR) is 152 cm³/mol. The quantitative estimate of drug-likeness (QED) is 0.394. The molecule has 1 aromatic heterocycles. The molecule has 3 heterocycles. The van der Waals surface area contributed by atoms with Crippen LogP contribution in [0.3, 0.4) is 0 Å². The SMILES string of the molecule is O=C(OCC1COCCOCCOCCO1)OC[C@@H]1CN(c2ccc3cc(-c4ccccc4C(F)(F)F)[nH]c(=O)c3c2)C(=O)O1. The minimum atomic E-state index is -4.61. The van der Waals surface area contributed by atoms with Crippen LogP contribution in [0.2, 0.25) is 0 Å². The Morgan fingerprint density at radius 3 is 2.33 bits per heavy atom. The number of halogens is 3. The maximum Gasteiger partial charge on any atom is 0.508 e. The number of ether oxygens (including phenoxy) is 7. The van der Waals surface area contributed by atoms with Crippen molar-refractivity contribution in [3.8, 4) is 11.3 Å². The predicted octanol–water partition coefficient (Wildman–Crippen LogP) is 4.14. The van der Waals surface area contributed by atoms with Crippen LogP contribution in [0.4, 0.5) is 28.4 Å². The van der Waals surface area contributed by atoms with E-state index in [2.05, 4.69) is 4.98 Å². The number of rotatable bonds is 6. The van der Waals surface area contributed by atoms with Gasteiger partial charge < -0.3 is 38.1 Å². The van der Waals surface area contributed by atoms with Gasteiger partial charge in [-0.2, -0.15) is 13.2 Å². The Morgan fingerprint density at radius 1 is 0.889 bits per heavy atom. The highest BCUT2D eigenvalue weighted by molar-refractivity contribution is 5.94. The fourth-order valence-corrected chi connectivity index (χ4v) is 4.78. The Bertz CT molecular complexity index is 1530. The molecule has 2 atom stereocenters. The molecule has 2 aliphatic heterocycles. The molecule has 3 aromatic rings. The Balaban J connectivity index is 1.17. The summed E-state index contributed by atoms with van der Waals surface area (Å²) in [5.74, 6) is 0. The van der Waals surface area contributed by atoms with Crippen LogP contribution in [0.25, 0.3) is 22.0 Å². The van der Waals surface area contributed by atoms with Crippen molar-refractivity contribution in [3.63, 3.8) is 0 Å². The number of alkyl halides is 3. The minimum Gasteiger partial charge on any atom is -0.440 e. The molecule has 45 heavy (non-hydrogen) atoms. The van der Waals surface area contributed by atoms with Crippen molar-refractivity contribution in [2.75, 3.05) is 70.9 Å². The van der Waals surface area contributed by atoms with Crippen LogP contribution in [0, 0.1) is 0 Å². The van der Waals surface area contributed by atoms with Crippen molar-refractivity contribution in [2.24, 2.45) is 0 Å². The number of carbonyl (C=O) groups excluding carboxylic acids is 2. The third kappa shape index (κ3) is 8.51. The number of hydrogen-bond donors (Lipinski definition) is 1. The lowest BCUT2D eigenvalue weighted by Gasteiger charge is -2.19. The molecule has 2 aliphatic rings. The van der Waals surface area contributed by atoms with E-state index in [1.165, 1.54) is 41.3 Å². The number of carbonyl (C=O) groups is 2. The number of anilines is 1. The van der Waals surface area contributed by atoms with E-state index >= 15 is 0 Å². The number of pyridine rings is 1. The Hall–Kier alpha value is -4.18. The number of benzene rings is 2. The van der Waals surface area contributed by atoms with Gasteiger partial charge in [0.25, 0.3) is 5.56 Å². The summed E-state index contributed by atoms with van der Waals surface area (Å²) in [7, 11) is 0. The van der Waals surface area contributed by atoms with E-state index < -0.39 is 41.8 Å². The Kier molecular flexibility index (Phi) is 10.5. The maximum atomic E-state index is 13.5. The van der Waals surface area contributed by atoms with Gasteiger partial charge in [0, 0.05) is 22.3 Å². The van der Waals surface area contributed by atoms with Crippen LogP contribution in [-0.4, -0.2) is 95.4 Å². The van der Waals surface area contributed by atoms with Crippen LogP contribution >= 0.6 is 0 Å². The smallest absolute Gasteiger partial charge is 0.440 e. The average Bonchev–Trinajstić information content (AvgIpc) is 3.39. The summed E-state index contributed by atoms with van der Waals surface area (Å²) >= 11 is 0. The van der Waals surface area contributed by atoms with Gasteiger partial charge in [-0.1, -0.05) is 24.3 Å². The number of aromatic amines is 1. The first-order valence-corrected chi connectivity index (χ1v) is 14.2. The zero-order chi connectivity index (χ0) is 31.8. The van der Waals surface area contributed by atoms with Gasteiger partial charge in [-0.3, -0.25) is 9.69 Å². The molecule has 2 fully saturated rings. The molecule has 15 heteroatoms. The van der Waals surface area contributed by atoms with Gasteiger partial charge in [-0.25, -0.2) is 9.59 Å². The van der Waals surface area contributed by atoms with E-state index in [0.29, 0.717) is 44.1 Å². The molecular formula is C30H31F3N2O10. The fraction of sp³-hybridized carbons (Fsp3) is 0.433. The van der Waals surface area contributed by atoms with Crippen molar-refractivity contribution < 1.29 is 55.9 Å². The molecule has 2 aromatic carbocycles. The van der Waals surface area contributed by atoms with Crippen LogP contribution in [0.5, 0.6) is 0 Å². The molecule has 0 saturated carbocycles. The lowest BCUT2D eigenvalue weighted by atomic mass is 10.0. The highest BCUT2D eigenvalue weighted by Gasteiger charge is 2.35. The Labute approximate surface area is 254 Å². The molecule has 1 N–H and O–H groups in total. The van der Waals surface area contributed by atoms with E-state index in [4.69, 9.17) is 33.2 Å². The molecule has 12 nitrogen and oxygen atoms in total. The summed E-state index contributed by atoms with van der Waals surface area (Å²) in [5, 5.41) is 0.537. The van der Waals surface area contributed by atoms with E-state index in [1.54, 1.807) is 6.07 Å². The largest absolute Gasteiger partial charge is 0.508 e. The van der Waals surface area contributed by atoms with E-state index in [0.717, 1.165) is 6.07 Å². The first-order valence-electron chi connectivity index (χ1n) is 14.2. The average molecular weight is 637 g/mol. The Morgan fingerprint density at radius 2 is 1.58 bits per heavy atom. The molecular weight excluding hydrogens is 605 g/mol. The minimum absolute atomic E-state index is 0.00640. The van der Waals surface area contributed by atoms with Gasteiger partial charge >= 0.3 is 18.4 Å². The first kappa shape index (κ1) is 32.2. The lowest BCUT2D eigenvalue weighted by Crippen LogP contribution is -2.31. The van der Waals surface area contributed by atoms with Gasteiger partial charge in [-0.05, 0) is 29.7 Å². The zero-order valence-electron chi connectivity index (χ0n) is 24.0. The molecule has 1 unspecified atom stereocenters. The highest BCUT2D eigenvalue weighted by Crippen LogP contribution is 2.36. The van der Waals surface area contributed by atoms with Crippen LogP contribution in [0.1, 0.15) is 5.56 Å². The third-order valence-corrected chi connectivity index (χ3v) is 6.94. The summed E-state index contributed by atoms with van der Waals surface area (Å²) in [6.45, 7) is 2.01. The molecule has 0 spiro atoms. The van der Waals surface area contributed by atoms with Gasteiger partial charge in [0.05, 0.1) is 58.4 Å². The standard InChI is InChI=1S/C30H31F3N2O10/c31-30(32,33)25-4-2-1-3-23(25)26-13-19-5-6-20(14-24(19)27(36)34-26)35-15-21(45-28(35)37)17-43-29(38)44-18-22-16-41-10-9-39-7-8-40-11-12-42-22/h1-6,13-14,21-22H,7-12,15-18H2,(H,34,36)/t21-,22?/m0/s1. The lowest BCUT2D eigenvalue weighted by molar-refractivity contribution is -0.137. The zero-order valence-corrected chi connectivity index (χ0v) is 24.0. The van der Waals surface area contributed by atoms with Crippen molar-refractivity contribution in [2.45, 2.75) is 18.4 Å². The van der Waals surface area contributed by atoms with Crippen LogP contribution < -0.4 is 10.5 Å². The van der Waals surface area contributed by atoms with Crippen LogP contribution in [0.15, 0.2) is 53.3 Å². The van der Waals surface area contributed by atoms with Crippen molar-refractivity contribution in [3.05, 3.63) is 64.4 Å². The summed E-state index contributed by atoms with van der Waals surface area (Å²) in [5.41, 5.74) is -1.34. The topological polar surface area (TPSA) is 135 Å². The molecule has 242 valence electrons. The van der Waals surface area contributed by atoms with Crippen LogP contribution in [-0.2, 0) is 39.3 Å². The fourth-order valence-electron chi connectivity index (χ4n) is 4.78. The molecule has 0 aliphatic carbocycles. The van der Waals surface area contributed by atoms with E-state index in [1.807, 2.05) is 0 Å². The molecule has 5 rings (SSSR count). The van der Waals surface area contributed by atoms with Crippen molar-refractivity contribution >= 4 is 28.7 Å². The maximum absolute atomic E-state index is 13.5. The molecule has 0 bridgehead atoms. The number of amides is 1. The van der Waals surface area contributed by atoms with Crippen molar-refractivity contribution in [1.82, 2.24) is 4.98 Å². The van der Waals surface area contributed by atoms with E-state index in [9.17, 15) is 27.6 Å². The van der Waals surface area contributed by atoms with Crippen molar-refractivity contribution in [1.29, 1.82) is 0 Å². The summed E-state index contributed by atoms with van der Waals surface area (Å²) in [6, 6.07) is 10.9. The number of fused-ring (bicyclic) bond motifs is 1. The number of H-pyrrole nitrogens is 1. The second-order valence-electron chi connectivity index (χ2n) is 10.1. The van der Waals surface area contributed by atoms with Gasteiger partial charge in [0.2, 0.25) is 0 Å². The number of nitrogens with one attached hydrogen (secondary N) is 1. The van der Waals surface area contributed by atoms with Gasteiger partial charge in [0.1, 0.15) is 19.3 Å². The normalized spacial score (nSPS) is 20.2. The molecule has 2 saturated heterocycles. The highest BCUT2D eigenvalue weighted by atomic mass is 19.4. The molecule has 0 radical (unpaired) electrons. The number of hydrogen-bond acceptors (Lipinski definition) is 10. The van der Waals surface area contributed by atoms with E-state index in [-0.39, 0.29) is 49.6 Å². The first-order chi connectivity index (χ1) is 21.7. The second kappa shape index (κ2) is 14.7. The van der Waals surface area contributed by atoms with Gasteiger partial charge in [-0.15, -0.1) is 0 Å². The monoisotopic (exact) mass is 636 g/mol. The third-order valence-electron chi connectivity index (χ3n) is 6.94. The number of nitrogens with zero attached hydrogens (tertiary/aromatic N) is 1. The second-order valence-corrected chi connectivity index (χ2v) is 10.1. The summed E-state index contributed by atoms with van der Waals surface area (Å²) in [4.78, 5) is 41.5. The summed E-state index contributed by atoms with van der Waals surface area (Å²) < 4.78 is 78.0. The number of cyclic esters (lactones) is 1. The van der Waals surface area contributed by atoms with Gasteiger partial charge in [0.15, 0.2) is 6.10 Å². The molecule has 1 amide bonds. The number of aromatic nitrogens is 1. The summed E-state index contributed by atoms with van der Waals surface area (Å²) in [6.07, 6.45) is -7.70.